The number of ether oxygens (including phenoxy) is 1. The Morgan fingerprint density at radius 3 is 2.90 bits per heavy atom. The molecule has 0 bridgehead atoms. The summed E-state index contributed by atoms with van der Waals surface area (Å²) in [5.74, 6) is 2.48. The highest BCUT2D eigenvalue weighted by Crippen LogP contribution is 2.35. The van der Waals surface area contributed by atoms with Crippen molar-refractivity contribution in [2.75, 3.05) is 13.7 Å². The van der Waals surface area contributed by atoms with Gasteiger partial charge in [-0.2, -0.15) is 0 Å². The van der Waals surface area contributed by atoms with E-state index >= 15 is 0 Å². The zero-order valence-corrected chi connectivity index (χ0v) is 14.6. The van der Waals surface area contributed by atoms with Crippen LogP contribution >= 0.6 is 15.9 Å². The number of rotatable bonds is 6. The Bertz CT molecular complexity index is 464. The summed E-state index contributed by atoms with van der Waals surface area (Å²) in [7, 11) is 1.57. The molecule has 0 saturated heterocycles. The molecule has 1 aliphatic carbocycles. The van der Waals surface area contributed by atoms with Crippen molar-refractivity contribution in [3.8, 4) is 11.5 Å². The summed E-state index contributed by atoms with van der Waals surface area (Å²) in [5, 5.41) is 13.3. The van der Waals surface area contributed by atoms with E-state index in [2.05, 4.69) is 28.2 Å². The molecule has 0 spiro atoms. The molecule has 1 aliphatic rings. The molecular formula is C17H26BrNO2. The van der Waals surface area contributed by atoms with Crippen LogP contribution in [-0.4, -0.2) is 18.8 Å². The normalized spacial score (nSPS) is 22.2. The molecule has 2 rings (SSSR count). The molecule has 0 amide bonds. The molecule has 0 aromatic heterocycles. The van der Waals surface area contributed by atoms with E-state index in [1.165, 1.54) is 32.1 Å². The average Bonchev–Trinajstić information content (AvgIpc) is 2.47. The first-order chi connectivity index (χ1) is 10.1. The molecule has 0 radical (unpaired) electrons. The second kappa shape index (κ2) is 8.04. The summed E-state index contributed by atoms with van der Waals surface area (Å²) in [6.07, 6.45) is 6.85. The van der Waals surface area contributed by atoms with Crippen LogP contribution in [0.4, 0.5) is 0 Å². The lowest BCUT2D eigenvalue weighted by Crippen LogP contribution is -2.21. The van der Waals surface area contributed by atoms with Gasteiger partial charge in [-0.25, -0.2) is 0 Å². The minimum Gasteiger partial charge on any atom is -0.503 e. The molecule has 0 heterocycles. The van der Waals surface area contributed by atoms with Crippen LogP contribution in [0.1, 0.15) is 44.6 Å². The third kappa shape index (κ3) is 4.89. The van der Waals surface area contributed by atoms with E-state index in [1.807, 2.05) is 12.1 Å². The highest BCUT2D eigenvalue weighted by Gasteiger charge is 2.18. The first-order valence-electron chi connectivity index (χ1n) is 7.86. The first-order valence-corrected chi connectivity index (χ1v) is 8.65. The third-order valence-electron chi connectivity index (χ3n) is 4.41. The van der Waals surface area contributed by atoms with Crippen LogP contribution in [0.2, 0.25) is 0 Å². The molecule has 21 heavy (non-hydrogen) atoms. The molecule has 1 fully saturated rings. The number of nitrogens with one attached hydrogen (secondary N) is 1. The van der Waals surface area contributed by atoms with Crippen molar-refractivity contribution in [1.82, 2.24) is 5.32 Å². The van der Waals surface area contributed by atoms with Gasteiger partial charge in [0, 0.05) is 6.54 Å². The molecule has 1 aromatic rings. The molecule has 4 heteroatoms. The van der Waals surface area contributed by atoms with Crippen LogP contribution in [0.5, 0.6) is 11.5 Å². The number of hydrogen-bond donors (Lipinski definition) is 2. The minimum absolute atomic E-state index is 0.164. The number of benzene rings is 1. The van der Waals surface area contributed by atoms with Crippen LogP contribution in [0.3, 0.4) is 0 Å². The van der Waals surface area contributed by atoms with E-state index < -0.39 is 0 Å². The monoisotopic (exact) mass is 355 g/mol. The van der Waals surface area contributed by atoms with Gasteiger partial charge in [0.25, 0.3) is 0 Å². The fraction of sp³-hybridized carbons (Fsp3) is 0.647. The summed E-state index contributed by atoms with van der Waals surface area (Å²) in [6, 6.07) is 3.82. The maximum atomic E-state index is 9.80. The summed E-state index contributed by atoms with van der Waals surface area (Å²) < 4.78 is 5.85. The molecule has 1 saturated carbocycles. The van der Waals surface area contributed by atoms with Crippen LogP contribution in [0.15, 0.2) is 16.6 Å². The SMILES string of the molecule is COc1cc(CNCCC2CCCC(C)C2)cc(Br)c1O. The van der Waals surface area contributed by atoms with E-state index in [0.29, 0.717) is 10.2 Å². The number of phenols is 1. The van der Waals surface area contributed by atoms with Crippen molar-refractivity contribution in [2.45, 2.75) is 45.6 Å². The fourth-order valence-corrected chi connectivity index (χ4v) is 3.74. The van der Waals surface area contributed by atoms with Gasteiger partial charge in [-0.1, -0.05) is 26.2 Å². The zero-order chi connectivity index (χ0) is 15.2. The van der Waals surface area contributed by atoms with E-state index in [-0.39, 0.29) is 5.75 Å². The quantitative estimate of drug-likeness (QED) is 0.739. The van der Waals surface area contributed by atoms with Gasteiger partial charge in [0.05, 0.1) is 11.6 Å². The lowest BCUT2D eigenvalue weighted by molar-refractivity contribution is 0.267. The van der Waals surface area contributed by atoms with Gasteiger partial charge in [0.15, 0.2) is 11.5 Å². The highest BCUT2D eigenvalue weighted by atomic mass is 79.9. The van der Waals surface area contributed by atoms with Crippen molar-refractivity contribution < 1.29 is 9.84 Å². The van der Waals surface area contributed by atoms with Gasteiger partial charge in [0.2, 0.25) is 0 Å². The van der Waals surface area contributed by atoms with Gasteiger partial charge < -0.3 is 15.2 Å². The van der Waals surface area contributed by atoms with Gasteiger partial charge in [0.1, 0.15) is 0 Å². The predicted octanol–water partition coefficient (Wildman–Crippen LogP) is 4.47. The third-order valence-corrected chi connectivity index (χ3v) is 5.02. The maximum absolute atomic E-state index is 9.80. The number of phenolic OH excluding ortho intramolecular Hbond substituents is 1. The summed E-state index contributed by atoms with van der Waals surface area (Å²) in [6.45, 7) is 4.23. The first kappa shape index (κ1) is 16.6. The molecule has 2 unspecified atom stereocenters. The fourth-order valence-electron chi connectivity index (χ4n) is 3.25. The van der Waals surface area contributed by atoms with Crippen molar-refractivity contribution in [2.24, 2.45) is 11.8 Å². The molecule has 2 atom stereocenters. The van der Waals surface area contributed by atoms with Crippen molar-refractivity contribution in [3.63, 3.8) is 0 Å². The van der Waals surface area contributed by atoms with E-state index in [9.17, 15) is 5.11 Å². The summed E-state index contributed by atoms with van der Waals surface area (Å²) in [4.78, 5) is 0. The van der Waals surface area contributed by atoms with E-state index in [1.54, 1.807) is 7.11 Å². The Balaban J connectivity index is 1.77. The lowest BCUT2D eigenvalue weighted by atomic mass is 9.81. The van der Waals surface area contributed by atoms with E-state index in [4.69, 9.17) is 4.74 Å². The lowest BCUT2D eigenvalue weighted by Gasteiger charge is -2.26. The summed E-state index contributed by atoms with van der Waals surface area (Å²) in [5.41, 5.74) is 1.12. The largest absolute Gasteiger partial charge is 0.503 e. The Hall–Kier alpha value is -0.740. The topological polar surface area (TPSA) is 41.5 Å². The molecular weight excluding hydrogens is 330 g/mol. The van der Waals surface area contributed by atoms with Crippen LogP contribution < -0.4 is 10.1 Å². The highest BCUT2D eigenvalue weighted by molar-refractivity contribution is 9.10. The van der Waals surface area contributed by atoms with Crippen molar-refractivity contribution in [1.29, 1.82) is 0 Å². The van der Waals surface area contributed by atoms with Crippen molar-refractivity contribution >= 4 is 15.9 Å². The molecule has 2 N–H and O–H groups in total. The Morgan fingerprint density at radius 1 is 1.38 bits per heavy atom. The van der Waals surface area contributed by atoms with Crippen LogP contribution in [0.25, 0.3) is 0 Å². The van der Waals surface area contributed by atoms with Gasteiger partial charge in [-0.15, -0.1) is 0 Å². The van der Waals surface area contributed by atoms with Crippen molar-refractivity contribution in [3.05, 3.63) is 22.2 Å². The number of hydrogen-bond acceptors (Lipinski definition) is 3. The standard InChI is InChI=1S/C17H26BrNO2/c1-12-4-3-5-13(8-12)6-7-19-11-14-9-15(18)17(20)16(10-14)21-2/h9-10,12-13,19-20H,3-8,11H2,1-2H3. The number of methoxy groups -OCH3 is 1. The minimum atomic E-state index is 0.164. The van der Waals surface area contributed by atoms with Gasteiger partial charge in [-0.05, 0) is 64.8 Å². The molecule has 118 valence electrons. The number of aromatic hydroxyl groups is 1. The Kier molecular flexibility index (Phi) is 6.37. The van der Waals surface area contributed by atoms with Crippen LogP contribution in [0, 0.1) is 11.8 Å². The van der Waals surface area contributed by atoms with Crippen LogP contribution in [-0.2, 0) is 6.54 Å². The Labute approximate surface area is 136 Å². The van der Waals surface area contributed by atoms with Gasteiger partial charge in [-0.3, -0.25) is 0 Å². The second-order valence-corrected chi connectivity index (χ2v) is 7.09. The molecule has 3 nitrogen and oxygen atoms in total. The average molecular weight is 356 g/mol. The Morgan fingerprint density at radius 2 is 2.19 bits per heavy atom. The molecule has 1 aromatic carbocycles. The van der Waals surface area contributed by atoms with Gasteiger partial charge >= 0.3 is 0 Å². The smallest absolute Gasteiger partial charge is 0.172 e. The molecule has 0 aliphatic heterocycles. The predicted molar refractivity (Wildman–Crippen MR) is 89.8 cm³/mol. The van der Waals surface area contributed by atoms with E-state index in [0.717, 1.165) is 30.5 Å². The number of halogens is 1. The second-order valence-electron chi connectivity index (χ2n) is 6.23. The zero-order valence-electron chi connectivity index (χ0n) is 13.0. The summed E-state index contributed by atoms with van der Waals surface area (Å²) >= 11 is 3.36. The maximum Gasteiger partial charge on any atom is 0.172 e.